The third-order valence-corrected chi connectivity index (χ3v) is 3.60. The van der Waals surface area contributed by atoms with Crippen LogP contribution in [0.2, 0.25) is 0 Å². The summed E-state index contributed by atoms with van der Waals surface area (Å²) in [4.78, 5) is 12.2. The molecule has 1 amide bonds. The summed E-state index contributed by atoms with van der Waals surface area (Å²) in [6, 6.07) is 12.6. The second-order valence-electron chi connectivity index (χ2n) is 5.31. The third kappa shape index (κ3) is 5.61. The van der Waals surface area contributed by atoms with Crippen LogP contribution in [0.4, 0.5) is 8.78 Å². The van der Waals surface area contributed by atoms with E-state index in [1.54, 1.807) is 0 Å². The van der Waals surface area contributed by atoms with Gasteiger partial charge >= 0.3 is 0 Å². The fourth-order valence-electron chi connectivity index (χ4n) is 2.33. The fraction of sp³-hybridized carbons (Fsp3) is 0.250. The van der Waals surface area contributed by atoms with Gasteiger partial charge < -0.3 is 10.1 Å². The third-order valence-electron chi connectivity index (χ3n) is 3.60. The number of ether oxygens (including phenoxy) is 1. The Morgan fingerprint density at radius 1 is 1.16 bits per heavy atom. The predicted octanol–water partition coefficient (Wildman–Crippen LogP) is 3.66. The highest BCUT2D eigenvalue weighted by molar-refractivity contribution is 5.83. The summed E-state index contributed by atoms with van der Waals surface area (Å²) in [6.07, 6.45) is 0.691. The summed E-state index contributed by atoms with van der Waals surface area (Å²) < 4.78 is 31.2. The van der Waals surface area contributed by atoms with Gasteiger partial charge in [-0.1, -0.05) is 49.1 Å². The maximum Gasteiger partial charge on any atom is 0.228 e. The monoisotopic (exact) mass is 343 g/mol. The summed E-state index contributed by atoms with van der Waals surface area (Å²) in [5.41, 5.74) is 0.963. The zero-order valence-electron chi connectivity index (χ0n) is 13.9. The molecule has 2 rings (SSSR count). The fourth-order valence-corrected chi connectivity index (χ4v) is 2.33. The molecule has 0 aromatic heterocycles. The molecule has 0 radical (unpaired) electrons. The van der Waals surface area contributed by atoms with Crippen molar-refractivity contribution in [2.75, 3.05) is 13.2 Å². The van der Waals surface area contributed by atoms with Crippen LogP contribution in [0.1, 0.15) is 24.8 Å². The molecule has 3 nitrogen and oxygen atoms in total. The molecule has 2 aromatic carbocycles. The molecule has 0 bridgehead atoms. The SMILES string of the molecule is CCC(C(=O)NCC#CCOc1ccc(F)cc1F)c1ccccc1. The first-order valence-corrected chi connectivity index (χ1v) is 7.98. The highest BCUT2D eigenvalue weighted by Gasteiger charge is 2.17. The minimum atomic E-state index is -0.774. The molecular formula is C20H19F2NO2. The van der Waals surface area contributed by atoms with Gasteiger partial charge in [-0.15, -0.1) is 0 Å². The minimum absolute atomic E-state index is 0.0473. The van der Waals surface area contributed by atoms with Crippen LogP contribution < -0.4 is 10.1 Å². The Bertz CT molecular complexity index is 766. The van der Waals surface area contributed by atoms with Crippen LogP contribution in [0.3, 0.4) is 0 Å². The maximum atomic E-state index is 13.4. The highest BCUT2D eigenvalue weighted by atomic mass is 19.1. The summed E-state index contributed by atoms with van der Waals surface area (Å²) in [5.74, 6) is 3.62. The van der Waals surface area contributed by atoms with Gasteiger partial charge in [-0.25, -0.2) is 8.78 Å². The summed E-state index contributed by atoms with van der Waals surface area (Å²) in [5, 5.41) is 2.76. The van der Waals surface area contributed by atoms with Crippen LogP contribution in [0.5, 0.6) is 5.75 Å². The first-order chi connectivity index (χ1) is 12.1. The normalized spacial score (nSPS) is 11.2. The van der Waals surface area contributed by atoms with Crippen molar-refractivity contribution in [3.05, 3.63) is 65.7 Å². The van der Waals surface area contributed by atoms with E-state index in [4.69, 9.17) is 4.74 Å². The molecule has 1 atom stereocenters. The Hall–Kier alpha value is -2.87. The molecule has 0 aliphatic heterocycles. The maximum absolute atomic E-state index is 13.4. The van der Waals surface area contributed by atoms with Crippen molar-refractivity contribution in [3.63, 3.8) is 0 Å². The average Bonchev–Trinajstić information content (AvgIpc) is 2.61. The quantitative estimate of drug-likeness (QED) is 0.813. The second kappa shape index (κ2) is 9.43. The van der Waals surface area contributed by atoms with E-state index < -0.39 is 11.6 Å². The standard InChI is InChI=1S/C20H19F2NO2/c1-2-17(15-8-4-3-5-9-15)20(24)23-12-6-7-13-25-19-11-10-16(21)14-18(19)22/h3-5,8-11,14,17H,2,12-13H2,1H3,(H,23,24). The van der Waals surface area contributed by atoms with Crippen LogP contribution in [0.15, 0.2) is 48.5 Å². The number of carbonyl (C=O) groups is 1. The molecule has 25 heavy (non-hydrogen) atoms. The van der Waals surface area contributed by atoms with Crippen LogP contribution >= 0.6 is 0 Å². The number of nitrogens with one attached hydrogen (secondary N) is 1. The lowest BCUT2D eigenvalue weighted by atomic mass is 9.96. The molecule has 0 spiro atoms. The van der Waals surface area contributed by atoms with E-state index >= 15 is 0 Å². The summed E-state index contributed by atoms with van der Waals surface area (Å²) in [7, 11) is 0. The van der Waals surface area contributed by atoms with Gasteiger partial charge in [-0.05, 0) is 24.1 Å². The molecule has 0 aliphatic rings. The van der Waals surface area contributed by atoms with E-state index in [0.29, 0.717) is 6.42 Å². The lowest BCUT2D eigenvalue weighted by molar-refractivity contribution is -0.122. The van der Waals surface area contributed by atoms with E-state index in [9.17, 15) is 13.6 Å². The van der Waals surface area contributed by atoms with Crippen LogP contribution in [-0.4, -0.2) is 19.1 Å². The van der Waals surface area contributed by atoms with Crippen molar-refractivity contribution >= 4 is 5.91 Å². The van der Waals surface area contributed by atoms with Crippen molar-refractivity contribution in [2.24, 2.45) is 0 Å². The Morgan fingerprint density at radius 3 is 2.60 bits per heavy atom. The van der Waals surface area contributed by atoms with Crippen LogP contribution in [0.25, 0.3) is 0 Å². The van der Waals surface area contributed by atoms with Gasteiger partial charge in [0.1, 0.15) is 12.4 Å². The summed E-state index contributed by atoms with van der Waals surface area (Å²) >= 11 is 0. The van der Waals surface area contributed by atoms with Gasteiger partial charge in [0.2, 0.25) is 5.91 Å². The molecule has 130 valence electrons. The van der Waals surface area contributed by atoms with Crippen molar-refractivity contribution in [3.8, 4) is 17.6 Å². The number of amides is 1. The van der Waals surface area contributed by atoms with Crippen molar-refractivity contribution in [2.45, 2.75) is 19.3 Å². The Balaban J connectivity index is 1.78. The van der Waals surface area contributed by atoms with Gasteiger partial charge in [0.15, 0.2) is 11.6 Å². The van der Waals surface area contributed by atoms with Gasteiger partial charge in [0.25, 0.3) is 0 Å². The summed E-state index contributed by atoms with van der Waals surface area (Å²) in [6.45, 7) is 2.08. The molecule has 0 saturated heterocycles. The Kier molecular flexibility index (Phi) is 6.97. The molecule has 1 unspecified atom stereocenters. The van der Waals surface area contributed by atoms with E-state index in [2.05, 4.69) is 17.2 Å². The lowest BCUT2D eigenvalue weighted by Gasteiger charge is -2.14. The predicted molar refractivity (Wildman–Crippen MR) is 92.1 cm³/mol. The number of hydrogen-bond donors (Lipinski definition) is 1. The number of benzene rings is 2. The first-order valence-electron chi connectivity index (χ1n) is 7.98. The molecule has 1 N–H and O–H groups in total. The number of carbonyl (C=O) groups excluding carboxylic acids is 1. The average molecular weight is 343 g/mol. The van der Waals surface area contributed by atoms with Gasteiger partial charge in [-0.2, -0.15) is 0 Å². The van der Waals surface area contributed by atoms with Crippen molar-refractivity contribution < 1.29 is 18.3 Å². The van der Waals surface area contributed by atoms with Gasteiger partial charge in [0, 0.05) is 6.07 Å². The Morgan fingerprint density at radius 2 is 1.92 bits per heavy atom. The van der Waals surface area contributed by atoms with Crippen molar-refractivity contribution in [1.29, 1.82) is 0 Å². The molecule has 0 fully saturated rings. The van der Waals surface area contributed by atoms with E-state index in [1.807, 2.05) is 37.3 Å². The van der Waals surface area contributed by atoms with Crippen LogP contribution in [-0.2, 0) is 4.79 Å². The zero-order valence-corrected chi connectivity index (χ0v) is 13.9. The van der Waals surface area contributed by atoms with Crippen LogP contribution in [0, 0.1) is 23.5 Å². The molecule has 0 heterocycles. The minimum Gasteiger partial charge on any atom is -0.478 e. The molecule has 5 heteroatoms. The topological polar surface area (TPSA) is 38.3 Å². The zero-order chi connectivity index (χ0) is 18.1. The van der Waals surface area contributed by atoms with E-state index in [0.717, 1.165) is 17.7 Å². The largest absolute Gasteiger partial charge is 0.478 e. The number of rotatable bonds is 6. The van der Waals surface area contributed by atoms with E-state index in [-0.39, 0.29) is 30.7 Å². The Labute approximate surface area is 146 Å². The smallest absolute Gasteiger partial charge is 0.228 e. The van der Waals surface area contributed by atoms with Gasteiger partial charge in [0.05, 0.1) is 12.5 Å². The number of hydrogen-bond acceptors (Lipinski definition) is 2. The molecule has 2 aromatic rings. The first kappa shape index (κ1) is 18.5. The lowest BCUT2D eigenvalue weighted by Crippen LogP contribution is -2.29. The van der Waals surface area contributed by atoms with Gasteiger partial charge in [-0.3, -0.25) is 4.79 Å². The van der Waals surface area contributed by atoms with Crippen molar-refractivity contribution in [1.82, 2.24) is 5.32 Å². The van der Waals surface area contributed by atoms with E-state index in [1.165, 1.54) is 6.07 Å². The molecule has 0 saturated carbocycles. The molecule has 0 aliphatic carbocycles. The highest BCUT2D eigenvalue weighted by Crippen LogP contribution is 2.19. The number of halogens is 2. The second-order valence-corrected chi connectivity index (χ2v) is 5.31. The molecular weight excluding hydrogens is 324 g/mol.